The van der Waals surface area contributed by atoms with Crippen molar-refractivity contribution in [1.29, 1.82) is 0 Å². The van der Waals surface area contributed by atoms with Gasteiger partial charge in [-0.1, -0.05) is 54.6 Å². The molecule has 2 amide bonds. The maximum atomic E-state index is 12.9. The Labute approximate surface area is 198 Å². The number of rotatable bonds is 8. The number of benzene rings is 2. The van der Waals surface area contributed by atoms with Crippen molar-refractivity contribution in [3.05, 3.63) is 71.8 Å². The molecule has 2 aromatic carbocycles. The van der Waals surface area contributed by atoms with E-state index in [1.807, 2.05) is 24.3 Å². The van der Waals surface area contributed by atoms with Crippen LogP contribution in [0, 0.1) is 5.41 Å². The molecule has 0 saturated carbocycles. The summed E-state index contributed by atoms with van der Waals surface area (Å²) in [7, 11) is 0. The van der Waals surface area contributed by atoms with Crippen LogP contribution in [0.4, 0.5) is 4.79 Å². The quantitative estimate of drug-likeness (QED) is 0.518. The molecule has 1 fully saturated rings. The topological polar surface area (TPSA) is 114 Å². The zero-order valence-electron chi connectivity index (χ0n) is 18.8. The number of hydrogen-bond acceptors (Lipinski definition) is 5. The second kappa shape index (κ2) is 10.5. The molecule has 4 rings (SSSR count). The van der Waals surface area contributed by atoms with Gasteiger partial charge in [-0.05, 0) is 35.1 Å². The van der Waals surface area contributed by atoms with Gasteiger partial charge in [0.1, 0.15) is 6.61 Å². The van der Waals surface area contributed by atoms with Crippen LogP contribution in [0.5, 0.6) is 0 Å². The number of carboxylic acids is 1. The van der Waals surface area contributed by atoms with Crippen LogP contribution in [0.1, 0.15) is 29.9 Å². The molecule has 0 aromatic heterocycles. The lowest BCUT2D eigenvalue weighted by atomic mass is 9.79. The number of carbonyl (C=O) groups is 3. The monoisotopic (exact) mass is 464 g/mol. The molecule has 2 aliphatic rings. The fourth-order valence-electron chi connectivity index (χ4n) is 4.64. The summed E-state index contributed by atoms with van der Waals surface area (Å²) in [5.74, 6) is -1.36. The number of hydrogen-bond donors (Lipinski definition) is 3. The molecule has 1 heterocycles. The van der Waals surface area contributed by atoms with Crippen molar-refractivity contribution in [3.8, 4) is 11.1 Å². The summed E-state index contributed by atoms with van der Waals surface area (Å²) in [5, 5.41) is 14.2. The molecule has 0 bridgehead atoms. The molecule has 1 aliphatic carbocycles. The third-order valence-electron chi connectivity index (χ3n) is 6.49. The molecule has 34 heavy (non-hydrogen) atoms. The lowest BCUT2D eigenvalue weighted by Gasteiger charge is -2.35. The predicted octanol–water partition coefficient (Wildman–Crippen LogP) is 3.08. The first-order valence-electron chi connectivity index (χ1n) is 11.3. The Balaban J connectivity index is 1.36. The van der Waals surface area contributed by atoms with E-state index in [0.29, 0.717) is 26.1 Å². The Morgan fingerprint density at radius 3 is 2.24 bits per heavy atom. The van der Waals surface area contributed by atoms with Gasteiger partial charge in [0.15, 0.2) is 0 Å². The standard InChI is InChI=1S/C26H28N2O6/c29-23(30)10-5-13-27-24(31)26(11-14-33-15-12-26)17-28-25(32)34-16-22-20-8-3-1-6-18(20)19-7-2-4-9-21(19)22/h1-10,22H,11-17H2,(H,27,31)(H,28,32)(H,29,30)/b10-5+. The van der Waals surface area contributed by atoms with E-state index in [4.69, 9.17) is 14.6 Å². The van der Waals surface area contributed by atoms with E-state index in [1.165, 1.54) is 6.08 Å². The van der Waals surface area contributed by atoms with Gasteiger partial charge < -0.3 is 25.2 Å². The third kappa shape index (κ3) is 5.12. The van der Waals surface area contributed by atoms with Crippen LogP contribution in [0.25, 0.3) is 11.1 Å². The largest absolute Gasteiger partial charge is 0.478 e. The highest BCUT2D eigenvalue weighted by Crippen LogP contribution is 2.44. The van der Waals surface area contributed by atoms with E-state index in [1.54, 1.807) is 0 Å². The summed E-state index contributed by atoms with van der Waals surface area (Å²) in [6.07, 6.45) is 2.67. The summed E-state index contributed by atoms with van der Waals surface area (Å²) in [4.78, 5) is 36.1. The van der Waals surface area contributed by atoms with Crippen LogP contribution in [0.2, 0.25) is 0 Å². The number of aliphatic carboxylic acids is 1. The fourth-order valence-corrected chi connectivity index (χ4v) is 4.64. The van der Waals surface area contributed by atoms with Crippen LogP contribution in [-0.2, 0) is 19.1 Å². The molecule has 0 spiro atoms. The smallest absolute Gasteiger partial charge is 0.407 e. The second-order valence-electron chi connectivity index (χ2n) is 8.52. The number of alkyl carbamates (subject to hydrolysis) is 1. The molecule has 178 valence electrons. The van der Waals surface area contributed by atoms with Crippen molar-refractivity contribution in [2.75, 3.05) is 32.9 Å². The van der Waals surface area contributed by atoms with Gasteiger partial charge in [0.25, 0.3) is 0 Å². The van der Waals surface area contributed by atoms with Gasteiger partial charge in [0.2, 0.25) is 5.91 Å². The van der Waals surface area contributed by atoms with Gasteiger partial charge in [-0.3, -0.25) is 4.79 Å². The van der Waals surface area contributed by atoms with E-state index in [-0.39, 0.29) is 31.5 Å². The van der Waals surface area contributed by atoms with E-state index in [2.05, 4.69) is 34.9 Å². The van der Waals surface area contributed by atoms with Gasteiger partial charge >= 0.3 is 12.1 Å². The zero-order valence-corrected chi connectivity index (χ0v) is 18.8. The summed E-state index contributed by atoms with van der Waals surface area (Å²) >= 11 is 0. The van der Waals surface area contributed by atoms with Gasteiger partial charge in [-0.2, -0.15) is 0 Å². The van der Waals surface area contributed by atoms with Gasteiger partial charge in [0, 0.05) is 38.3 Å². The Morgan fingerprint density at radius 2 is 1.62 bits per heavy atom. The lowest BCUT2D eigenvalue weighted by Crippen LogP contribution is -2.51. The normalized spacial score (nSPS) is 16.5. The van der Waals surface area contributed by atoms with Crippen LogP contribution in [0.15, 0.2) is 60.7 Å². The average Bonchev–Trinajstić information content (AvgIpc) is 3.18. The first-order chi connectivity index (χ1) is 16.5. The van der Waals surface area contributed by atoms with Crippen molar-refractivity contribution in [2.45, 2.75) is 18.8 Å². The molecule has 1 aliphatic heterocycles. The number of amides is 2. The Kier molecular flexibility index (Phi) is 7.27. The lowest BCUT2D eigenvalue weighted by molar-refractivity contribution is -0.136. The molecular weight excluding hydrogens is 436 g/mol. The van der Waals surface area contributed by atoms with Crippen LogP contribution in [-0.4, -0.2) is 56.0 Å². The van der Waals surface area contributed by atoms with Crippen molar-refractivity contribution < 1.29 is 29.0 Å². The van der Waals surface area contributed by atoms with E-state index in [9.17, 15) is 14.4 Å². The highest BCUT2D eigenvalue weighted by Gasteiger charge is 2.40. The highest BCUT2D eigenvalue weighted by molar-refractivity contribution is 5.84. The molecule has 0 radical (unpaired) electrons. The third-order valence-corrected chi connectivity index (χ3v) is 6.49. The molecule has 3 N–H and O–H groups in total. The first-order valence-corrected chi connectivity index (χ1v) is 11.3. The van der Waals surface area contributed by atoms with Crippen molar-refractivity contribution in [1.82, 2.24) is 10.6 Å². The number of carbonyl (C=O) groups excluding carboxylic acids is 2. The Bertz CT molecular complexity index is 1040. The van der Waals surface area contributed by atoms with Crippen LogP contribution >= 0.6 is 0 Å². The molecule has 0 unspecified atom stereocenters. The van der Waals surface area contributed by atoms with E-state index < -0.39 is 17.5 Å². The molecule has 2 aromatic rings. The van der Waals surface area contributed by atoms with Gasteiger partial charge in [-0.15, -0.1) is 0 Å². The molecule has 8 nitrogen and oxygen atoms in total. The van der Waals surface area contributed by atoms with Crippen molar-refractivity contribution in [2.24, 2.45) is 5.41 Å². The Morgan fingerprint density at radius 1 is 1.00 bits per heavy atom. The summed E-state index contributed by atoms with van der Waals surface area (Å²) < 4.78 is 11.0. The predicted molar refractivity (Wildman–Crippen MR) is 125 cm³/mol. The highest BCUT2D eigenvalue weighted by atomic mass is 16.5. The number of nitrogens with one attached hydrogen (secondary N) is 2. The van der Waals surface area contributed by atoms with E-state index >= 15 is 0 Å². The molecule has 1 saturated heterocycles. The number of ether oxygens (including phenoxy) is 2. The van der Waals surface area contributed by atoms with E-state index in [0.717, 1.165) is 28.3 Å². The second-order valence-corrected chi connectivity index (χ2v) is 8.52. The van der Waals surface area contributed by atoms with Crippen molar-refractivity contribution >= 4 is 18.0 Å². The number of carboxylic acid groups (broad SMARTS) is 1. The number of fused-ring (bicyclic) bond motifs is 3. The first kappa shape index (κ1) is 23.5. The minimum atomic E-state index is -1.08. The minimum Gasteiger partial charge on any atom is -0.478 e. The average molecular weight is 465 g/mol. The van der Waals surface area contributed by atoms with Gasteiger partial charge in [0.05, 0.1) is 5.41 Å². The van der Waals surface area contributed by atoms with Crippen LogP contribution < -0.4 is 10.6 Å². The van der Waals surface area contributed by atoms with Crippen LogP contribution in [0.3, 0.4) is 0 Å². The molecular formula is C26H28N2O6. The SMILES string of the molecule is O=C(O)/C=C/CNC(=O)C1(CNC(=O)OCC2c3ccccc3-c3ccccc32)CCOCC1. The Hall–Kier alpha value is -3.65. The summed E-state index contributed by atoms with van der Waals surface area (Å²) in [6.45, 7) is 1.22. The fraction of sp³-hybridized carbons (Fsp3) is 0.346. The van der Waals surface area contributed by atoms with Gasteiger partial charge in [-0.25, -0.2) is 9.59 Å². The maximum Gasteiger partial charge on any atom is 0.407 e. The minimum absolute atomic E-state index is 0.0421. The molecule has 8 heteroatoms. The maximum absolute atomic E-state index is 12.9. The van der Waals surface area contributed by atoms with Crippen molar-refractivity contribution in [3.63, 3.8) is 0 Å². The molecule has 0 atom stereocenters. The summed E-state index contributed by atoms with van der Waals surface area (Å²) in [5.41, 5.74) is 3.74. The zero-order chi connectivity index (χ0) is 24.0. The summed E-state index contributed by atoms with van der Waals surface area (Å²) in [6, 6.07) is 16.2.